The highest BCUT2D eigenvalue weighted by Crippen LogP contribution is 2.21. The molecule has 0 saturated heterocycles. The van der Waals surface area contributed by atoms with Crippen LogP contribution in [0.25, 0.3) is 10.8 Å². The predicted molar refractivity (Wildman–Crippen MR) is 81.7 cm³/mol. The molecule has 0 radical (unpaired) electrons. The zero-order chi connectivity index (χ0) is 14.5. The Labute approximate surface area is 118 Å². The first kappa shape index (κ1) is 14.3. The average Bonchev–Trinajstić information content (AvgIpc) is 2.44. The molecule has 0 saturated carbocycles. The van der Waals surface area contributed by atoms with E-state index in [0.717, 1.165) is 10.8 Å². The summed E-state index contributed by atoms with van der Waals surface area (Å²) in [6.07, 6.45) is 0. The lowest BCUT2D eigenvalue weighted by atomic mass is 10.0. The lowest BCUT2D eigenvalue weighted by molar-refractivity contribution is 0.0935. The molecule has 4 nitrogen and oxygen atoms in total. The molecule has 0 aromatic heterocycles. The van der Waals surface area contributed by atoms with Gasteiger partial charge in [0, 0.05) is 19.3 Å². The molecule has 20 heavy (non-hydrogen) atoms. The van der Waals surface area contributed by atoms with Crippen molar-refractivity contribution in [3.05, 3.63) is 42.0 Å². The van der Waals surface area contributed by atoms with Crippen LogP contribution in [0.4, 0.5) is 5.69 Å². The maximum Gasteiger partial charge on any atom is 0.253 e. The van der Waals surface area contributed by atoms with Gasteiger partial charge in [0.1, 0.15) is 0 Å². The normalized spacial score (nSPS) is 12.3. The highest BCUT2D eigenvalue weighted by molar-refractivity contribution is 6.03. The van der Waals surface area contributed by atoms with Gasteiger partial charge in [-0.1, -0.05) is 31.2 Å². The minimum atomic E-state index is -0.142. The van der Waals surface area contributed by atoms with E-state index in [2.05, 4.69) is 5.32 Å². The first-order chi connectivity index (χ1) is 9.61. The Morgan fingerprint density at radius 2 is 1.95 bits per heavy atom. The van der Waals surface area contributed by atoms with Gasteiger partial charge in [-0.2, -0.15) is 0 Å². The molecule has 0 aliphatic rings. The van der Waals surface area contributed by atoms with Crippen molar-refractivity contribution in [1.82, 2.24) is 5.32 Å². The monoisotopic (exact) mass is 272 g/mol. The zero-order valence-corrected chi connectivity index (χ0v) is 11.8. The highest BCUT2D eigenvalue weighted by Gasteiger charge is 2.12. The molecule has 3 N–H and O–H groups in total. The van der Waals surface area contributed by atoms with Gasteiger partial charge in [0.25, 0.3) is 5.91 Å². The summed E-state index contributed by atoms with van der Waals surface area (Å²) < 4.78 is 5.05. The third-order valence-electron chi connectivity index (χ3n) is 3.22. The van der Waals surface area contributed by atoms with Gasteiger partial charge < -0.3 is 15.8 Å². The van der Waals surface area contributed by atoms with Crippen LogP contribution in [0, 0.1) is 5.92 Å². The van der Waals surface area contributed by atoms with E-state index in [9.17, 15) is 4.79 Å². The molecule has 0 fully saturated rings. The van der Waals surface area contributed by atoms with Gasteiger partial charge in [-0.3, -0.25) is 4.79 Å². The number of carbonyl (C=O) groups is 1. The molecule has 0 spiro atoms. The predicted octanol–water partition coefficient (Wildman–Crippen LogP) is 2.43. The lowest BCUT2D eigenvalue weighted by Crippen LogP contribution is -2.30. The minimum absolute atomic E-state index is 0.142. The van der Waals surface area contributed by atoms with E-state index in [4.69, 9.17) is 10.5 Å². The molecular weight excluding hydrogens is 252 g/mol. The molecule has 1 amide bonds. The van der Waals surface area contributed by atoms with E-state index in [-0.39, 0.29) is 11.8 Å². The van der Waals surface area contributed by atoms with Gasteiger partial charge in [-0.25, -0.2) is 0 Å². The molecule has 0 bridgehead atoms. The minimum Gasteiger partial charge on any atom is -0.398 e. The van der Waals surface area contributed by atoms with Crippen molar-refractivity contribution in [1.29, 1.82) is 0 Å². The van der Waals surface area contributed by atoms with Crippen LogP contribution in [0.1, 0.15) is 17.3 Å². The van der Waals surface area contributed by atoms with E-state index in [1.165, 1.54) is 0 Å². The quantitative estimate of drug-likeness (QED) is 0.822. The van der Waals surface area contributed by atoms with Crippen molar-refractivity contribution in [2.24, 2.45) is 5.92 Å². The summed E-state index contributed by atoms with van der Waals surface area (Å²) >= 11 is 0. The fraction of sp³-hybridized carbons (Fsp3) is 0.312. The third-order valence-corrected chi connectivity index (χ3v) is 3.22. The number of carbonyl (C=O) groups excluding carboxylic acids is 1. The maximum absolute atomic E-state index is 12.2. The Kier molecular flexibility index (Phi) is 4.58. The van der Waals surface area contributed by atoms with Crippen LogP contribution >= 0.6 is 0 Å². The van der Waals surface area contributed by atoms with Crippen LogP contribution in [0.2, 0.25) is 0 Å². The van der Waals surface area contributed by atoms with Crippen molar-refractivity contribution < 1.29 is 9.53 Å². The molecular formula is C16H20N2O2. The Hall–Kier alpha value is -2.07. The molecule has 0 heterocycles. The summed E-state index contributed by atoms with van der Waals surface area (Å²) in [6, 6.07) is 11.5. The molecule has 0 aliphatic carbocycles. The summed E-state index contributed by atoms with van der Waals surface area (Å²) in [5.41, 5.74) is 6.99. The number of benzene rings is 2. The number of nitrogens with one attached hydrogen (secondary N) is 1. The van der Waals surface area contributed by atoms with Crippen molar-refractivity contribution >= 4 is 22.4 Å². The number of hydrogen-bond acceptors (Lipinski definition) is 3. The number of anilines is 1. The lowest BCUT2D eigenvalue weighted by Gasteiger charge is -2.13. The maximum atomic E-state index is 12.2. The van der Waals surface area contributed by atoms with Crippen LogP contribution < -0.4 is 11.1 Å². The number of ether oxygens (including phenoxy) is 1. The number of nitrogen functional groups attached to an aromatic ring is 1. The van der Waals surface area contributed by atoms with Crippen molar-refractivity contribution in [2.45, 2.75) is 6.92 Å². The molecule has 2 aromatic rings. The van der Waals surface area contributed by atoms with Gasteiger partial charge in [0.05, 0.1) is 12.2 Å². The Morgan fingerprint density at radius 3 is 2.60 bits per heavy atom. The van der Waals surface area contributed by atoms with Gasteiger partial charge in [0.2, 0.25) is 0 Å². The van der Waals surface area contributed by atoms with Crippen LogP contribution in [0.15, 0.2) is 36.4 Å². The fourth-order valence-corrected chi connectivity index (χ4v) is 2.16. The summed E-state index contributed by atoms with van der Waals surface area (Å²) in [7, 11) is 1.65. The van der Waals surface area contributed by atoms with E-state index >= 15 is 0 Å². The molecule has 1 atom stereocenters. The largest absolute Gasteiger partial charge is 0.398 e. The SMILES string of the molecule is COCC(C)CNC(=O)c1cc2ccccc2cc1N. The van der Waals surface area contributed by atoms with Crippen LogP contribution in [0.5, 0.6) is 0 Å². The summed E-state index contributed by atoms with van der Waals surface area (Å²) in [4.78, 5) is 12.2. The molecule has 4 heteroatoms. The molecule has 106 valence electrons. The average molecular weight is 272 g/mol. The first-order valence-corrected chi connectivity index (χ1v) is 6.67. The second kappa shape index (κ2) is 6.39. The first-order valence-electron chi connectivity index (χ1n) is 6.67. The highest BCUT2D eigenvalue weighted by atomic mass is 16.5. The topological polar surface area (TPSA) is 64.3 Å². The third kappa shape index (κ3) is 3.27. The van der Waals surface area contributed by atoms with Gasteiger partial charge in [-0.05, 0) is 28.8 Å². The molecule has 0 aliphatic heterocycles. The summed E-state index contributed by atoms with van der Waals surface area (Å²) in [5.74, 6) is 0.127. The summed E-state index contributed by atoms with van der Waals surface area (Å²) in [5, 5.41) is 4.94. The number of hydrogen-bond donors (Lipinski definition) is 2. The smallest absolute Gasteiger partial charge is 0.253 e. The van der Waals surface area contributed by atoms with Gasteiger partial charge in [0.15, 0.2) is 0 Å². The molecule has 1 unspecified atom stereocenters. The van der Waals surface area contributed by atoms with E-state index < -0.39 is 0 Å². The number of methoxy groups -OCH3 is 1. The van der Waals surface area contributed by atoms with E-state index in [1.807, 2.05) is 43.3 Å². The van der Waals surface area contributed by atoms with Crippen molar-refractivity contribution in [3.63, 3.8) is 0 Å². The number of rotatable bonds is 5. The summed E-state index contributed by atoms with van der Waals surface area (Å²) in [6.45, 7) is 3.21. The second-order valence-corrected chi connectivity index (χ2v) is 5.06. The van der Waals surface area contributed by atoms with E-state index in [1.54, 1.807) is 7.11 Å². The number of amides is 1. The van der Waals surface area contributed by atoms with Crippen LogP contribution in [-0.4, -0.2) is 26.2 Å². The zero-order valence-electron chi connectivity index (χ0n) is 11.8. The van der Waals surface area contributed by atoms with Crippen molar-refractivity contribution in [2.75, 3.05) is 26.0 Å². The van der Waals surface area contributed by atoms with Gasteiger partial charge in [-0.15, -0.1) is 0 Å². The Balaban J connectivity index is 2.15. The Bertz CT molecular complexity index is 610. The Morgan fingerprint density at radius 1 is 1.30 bits per heavy atom. The number of nitrogens with two attached hydrogens (primary N) is 1. The van der Waals surface area contributed by atoms with Crippen molar-refractivity contribution in [3.8, 4) is 0 Å². The van der Waals surface area contributed by atoms with Gasteiger partial charge >= 0.3 is 0 Å². The standard InChI is InChI=1S/C16H20N2O2/c1-11(10-20-2)9-18-16(19)14-7-12-5-3-4-6-13(12)8-15(14)17/h3-8,11H,9-10,17H2,1-2H3,(H,18,19). The molecule has 2 aromatic carbocycles. The fourth-order valence-electron chi connectivity index (χ4n) is 2.16. The molecule has 2 rings (SSSR count). The van der Waals surface area contributed by atoms with E-state index in [0.29, 0.717) is 24.4 Å². The number of fused-ring (bicyclic) bond motifs is 1. The van der Waals surface area contributed by atoms with Crippen LogP contribution in [0.3, 0.4) is 0 Å². The second-order valence-electron chi connectivity index (χ2n) is 5.06. The van der Waals surface area contributed by atoms with Crippen LogP contribution in [-0.2, 0) is 4.74 Å².